The van der Waals surface area contributed by atoms with Gasteiger partial charge in [-0.05, 0) is 45.6 Å². The molecule has 0 bridgehead atoms. The molecule has 0 saturated carbocycles. The lowest BCUT2D eigenvalue weighted by Gasteiger charge is -2.20. The highest BCUT2D eigenvalue weighted by Crippen LogP contribution is 2.43. The number of nitrogens with one attached hydrogen (secondary N) is 1. The smallest absolute Gasteiger partial charge is 0.462 e. The first kappa shape index (κ1) is 48.8. The molecule has 0 aliphatic heterocycles. The molecule has 296 valence electrons. The van der Waals surface area contributed by atoms with E-state index in [1.807, 2.05) is 0 Å². The van der Waals surface area contributed by atoms with Gasteiger partial charge in [-0.15, -0.1) is 0 Å². The van der Waals surface area contributed by atoms with Crippen LogP contribution in [0.15, 0.2) is 12.2 Å². The molecule has 0 saturated heterocycles. The molecule has 0 heterocycles. The quantitative estimate of drug-likeness (QED) is 0.0275. The molecule has 0 aromatic heterocycles. The van der Waals surface area contributed by atoms with E-state index in [0.717, 1.165) is 32.1 Å². The number of rotatable bonds is 39. The maximum Gasteiger partial charge on any atom is 0.472 e. The number of phosphoric ester groups is 1. The van der Waals surface area contributed by atoms with Crippen molar-refractivity contribution in [1.82, 2.24) is 5.32 Å². The van der Waals surface area contributed by atoms with Crippen molar-refractivity contribution in [3.05, 3.63) is 12.2 Å². The Morgan fingerprint density at radius 3 is 1.48 bits per heavy atom. The molecule has 0 aromatic carbocycles. The molecule has 9 nitrogen and oxygen atoms in total. The minimum absolute atomic E-state index is 0.0146. The minimum Gasteiger partial charge on any atom is -0.462 e. The largest absolute Gasteiger partial charge is 0.472 e. The lowest BCUT2D eigenvalue weighted by Crippen LogP contribution is -2.29. The lowest BCUT2D eigenvalue weighted by molar-refractivity contribution is -0.161. The number of carbonyl (C=O) groups excluding carboxylic acids is 2. The molecule has 10 heteroatoms. The molecule has 0 amide bonds. The van der Waals surface area contributed by atoms with Gasteiger partial charge in [0.2, 0.25) is 0 Å². The van der Waals surface area contributed by atoms with Crippen molar-refractivity contribution >= 4 is 19.8 Å². The van der Waals surface area contributed by atoms with Crippen molar-refractivity contribution in [3.8, 4) is 0 Å². The van der Waals surface area contributed by atoms with E-state index in [2.05, 4.69) is 31.3 Å². The summed E-state index contributed by atoms with van der Waals surface area (Å²) < 4.78 is 33.1. The summed E-state index contributed by atoms with van der Waals surface area (Å²) in [5.74, 6) is -0.805. The predicted octanol–water partition coefficient (Wildman–Crippen LogP) is 11.3. The Labute approximate surface area is 307 Å². The van der Waals surface area contributed by atoms with Crippen LogP contribution in [0.4, 0.5) is 0 Å². The first-order valence-electron chi connectivity index (χ1n) is 20.6. The van der Waals surface area contributed by atoms with Crippen molar-refractivity contribution in [1.29, 1.82) is 0 Å². The van der Waals surface area contributed by atoms with Crippen molar-refractivity contribution in [2.75, 3.05) is 33.4 Å². The Morgan fingerprint density at radius 1 is 0.600 bits per heavy atom. The Balaban J connectivity index is 4.20. The summed E-state index contributed by atoms with van der Waals surface area (Å²) in [6, 6.07) is 0. The van der Waals surface area contributed by atoms with Gasteiger partial charge in [0.15, 0.2) is 6.10 Å². The Bertz CT molecular complexity index is 840. The topological polar surface area (TPSA) is 120 Å². The third kappa shape index (κ3) is 36.5. The number of carbonyl (C=O) groups is 2. The van der Waals surface area contributed by atoms with Crippen molar-refractivity contribution in [2.45, 2.75) is 200 Å². The van der Waals surface area contributed by atoms with Gasteiger partial charge in [-0.25, -0.2) is 4.57 Å². The number of ether oxygens (including phenoxy) is 2. The molecule has 0 spiro atoms. The zero-order valence-corrected chi connectivity index (χ0v) is 33.5. The summed E-state index contributed by atoms with van der Waals surface area (Å²) in [5, 5.41) is 2.82. The highest BCUT2D eigenvalue weighted by molar-refractivity contribution is 7.47. The van der Waals surface area contributed by atoms with Crippen LogP contribution in [0.5, 0.6) is 0 Å². The molecule has 2 N–H and O–H groups in total. The number of hydrogen-bond acceptors (Lipinski definition) is 8. The van der Waals surface area contributed by atoms with E-state index in [1.165, 1.54) is 128 Å². The van der Waals surface area contributed by atoms with Gasteiger partial charge < -0.3 is 19.7 Å². The first-order valence-corrected chi connectivity index (χ1v) is 22.1. The van der Waals surface area contributed by atoms with Crippen LogP contribution < -0.4 is 5.32 Å². The third-order valence-corrected chi connectivity index (χ3v) is 9.87. The van der Waals surface area contributed by atoms with Gasteiger partial charge in [-0.2, -0.15) is 0 Å². The van der Waals surface area contributed by atoms with E-state index in [4.69, 9.17) is 18.5 Å². The van der Waals surface area contributed by atoms with Crippen LogP contribution in [0, 0.1) is 0 Å². The maximum atomic E-state index is 12.5. The van der Waals surface area contributed by atoms with Crippen LogP contribution in [0.2, 0.25) is 0 Å². The second kappa shape index (κ2) is 37.5. The molecule has 2 atom stereocenters. The van der Waals surface area contributed by atoms with Gasteiger partial charge in [0, 0.05) is 19.4 Å². The number of hydrogen-bond donors (Lipinski definition) is 2. The van der Waals surface area contributed by atoms with E-state index in [9.17, 15) is 19.0 Å². The summed E-state index contributed by atoms with van der Waals surface area (Å²) in [6.07, 6.45) is 35.4. The molecular formula is C40H78NO8P. The van der Waals surface area contributed by atoms with Crippen LogP contribution >= 0.6 is 7.82 Å². The standard InChI is InChI=1S/C40H78NO8P/c1-4-6-8-10-12-14-16-17-18-19-20-21-23-24-26-28-30-32-39(42)46-36-38(37-48-50(44,45)47-35-34-41-3)49-40(43)33-31-29-27-25-22-15-13-11-9-7-5-2/h17-18,38,41H,4-16,19-37H2,1-3H3,(H,44,45)/b18-17-. The van der Waals surface area contributed by atoms with E-state index in [0.29, 0.717) is 13.0 Å². The number of allylic oxidation sites excluding steroid dienone is 2. The van der Waals surface area contributed by atoms with Crippen molar-refractivity contribution < 1.29 is 37.6 Å². The van der Waals surface area contributed by atoms with Crippen LogP contribution in [0.25, 0.3) is 0 Å². The van der Waals surface area contributed by atoms with Crippen molar-refractivity contribution in [2.24, 2.45) is 0 Å². The molecular weight excluding hydrogens is 653 g/mol. The molecule has 0 aliphatic rings. The fourth-order valence-electron chi connectivity index (χ4n) is 5.72. The summed E-state index contributed by atoms with van der Waals surface area (Å²) in [5.41, 5.74) is 0. The number of unbranched alkanes of at least 4 members (excludes halogenated alkanes) is 23. The SMILES string of the molecule is CCCCCCCC/C=C\CCCCCCCCCC(=O)OCC(COP(=O)(O)OCCNC)OC(=O)CCCCCCCCCCCCC. The Morgan fingerprint density at radius 2 is 1.02 bits per heavy atom. The van der Waals surface area contributed by atoms with E-state index >= 15 is 0 Å². The van der Waals surface area contributed by atoms with Crippen LogP contribution in [-0.4, -0.2) is 56.3 Å². The van der Waals surface area contributed by atoms with E-state index < -0.39 is 26.5 Å². The number of phosphoric acid groups is 1. The average molecular weight is 732 g/mol. The zero-order valence-electron chi connectivity index (χ0n) is 32.6. The Hall–Kier alpha value is -1.25. The highest BCUT2D eigenvalue weighted by Gasteiger charge is 2.26. The minimum atomic E-state index is -4.34. The van der Waals surface area contributed by atoms with E-state index in [-0.39, 0.29) is 32.0 Å². The Kier molecular flexibility index (Phi) is 36.6. The van der Waals surface area contributed by atoms with E-state index in [1.54, 1.807) is 7.05 Å². The fraction of sp³-hybridized carbons (Fsp3) is 0.900. The normalized spacial score (nSPS) is 13.4. The maximum absolute atomic E-state index is 12.5. The summed E-state index contributed by atoms with van der Waals surface area (Å²) in [6.45, 7) is 4.22. The monoisotopic (exact) mass is 732 g/mol. The summed E-state index contributed by atoms with van der Waals surface area (Å²) in [4.78, 5) is 34.9. The fourth-order valence-corrected chi connectivity index (χ4v) is 6.48. The van der Waals surface area contributed by atoms with Gasteiger partial charge in [0.25, 0.3) is 0 Å². The molecule has 0 fully saturated rings. The number of likely N-dealkylation sites (N-methyl/N-ethyl adjacent to an activating group) is 1. The highest BCUT2D eigenvalue weighted by atomic mass is 31.2. The molecule has 50 heavy (non-hydrogen) atoms. The summed E-state index contributed by atoms with van der Waals surface area (Å²) >= 11 is 0. The van der Waals surface area contributed by atoms with Gasteiger partial charge in [-0.3, -0.25) is 18.6 Å². The molecule has 0 aliphatic carbocycles. The molecule has 0 aromatic rings. The predicted molar refractivity (Wildman–Crippen MR) is 206 cm³/mol. The van der Waals surface area contributed by atoms with Gasteiger partial charge in [0.1, 0.15) is 6.61 Å². The summed E-state index contributed by atoms with van der Waals surface area (Å²) in [7, 11) is -2.64. The lowest BCUT2D eigenvalue weighted by atomic mass is 10.1. The average Bonchev–Trinajstić information content (AvgIpc) is 3.09. The van der Waals surface area contributed by atoms with Gasteiger partial charge in [0.05, 0.1) is 13.2 Å². The second-order valence-electron chi connectivity index (χ2n) is 13.8. The first-order chi connectivity index (χ1) is 24.3. The third-order valence-electron chi connectivity index (χ3n) is 8.89. The van der Waals surface area contributed by atoms with Crippen molar-refractivity contribution in [3.63, 3.8) is 0 Å². The van der Waals surface area contributed by atoms with Crippen LogP contribution in [-0.2, 0) is 32.7 Å². The zero-order chi connectivity index (χ0) is 36.8. The number of esters is 2. The van der Waals surface area contributed by atoms with Gasteiger partial charge >= 0.3 is 19.8 Å². The molecule has 2 unspecified atom stereocenters. The van der Waals surface area contributed by atoms with Crippen LogP contribution in [0.1, 0.15) is 194 Å². The van der Waals surface area contributed by atoms with Gasteiger partial charge in [-0.1, -0.05) is 154 Å². The molecule has 0 radical (unpaired) electrons. The second-order valence-corrected chi connectivity index (χ2v) is 15.3. The van der Waals surface area contributed by atoms with Crippen LogP contribution in [0.3, 0.4) is 0 Å². The molecule has 0 rings (SSSR count).